The standard InChI is InChI=1S/C31H32ClN5O5S/c1-4-36-21(2)28(31(38)33-43(3,41)42)29(30(36)22-8-10-24(32)11-9-22)23-6-5-7-27(20-23)35-18-16-34(17-19-35)25-12-14-26(15-13-25)37(39)40/h5-15,20H,4,16-19H2,1-3H3,(H,33,38). The summed E-state index contributed by atoms with van der Waals surface area (Å²) in [7, 11) is -3.80. The van der Waals surface area contributed by atoms with Gasteiger partial charge in [-0.15, -0.1) is 0 Å². The van der Waals surface area contributed by atoms with Crippen molar-refractivity contribution in [1.29, 1.82) is 0 Å². The van der Waals surface area contributed by atoms with Crippen molar-refractivity contribution in [1.82, 2.24) is 9.29 Å². The van der Waals surface area contributed by atoms with Gasteiger partial charge in [0.05, 0.1) is 22.4 Å². The van der Waals surface area contributed by atoms with E-state index in [9.17, 15) is 23.3 Å². The van der Waals surface area contributed by atoms with Crippen LogP contribution in [-0.4, -0.2) is 56.3 Å². The van der Waals surface area contributed by atoms with Crippen molar-refractivity contribution in [2.45, 2.75) is 20.4 Å². The molecule has 43 heavy (non-hydrogen) atoms. The summed E-state index contributed by atoms with van der Waals surface area (Å²) in [5.41, 5.74) is 6.02. The number of nitro groups is 1. The van der Waals surface area contributed by atoms with Crippen LogP contribution in [0.25, 0.3) is 22.4 Å². The lowest BCUT2D eigenvalue weighted by molar-refractivity contribution is -0.384. The van der Waals surface area contributed by atoms with Crippen LogP contribution in [-0.2, 0) is 16.6 Å². The molecule has 0 bridgehead atoms. The largest absolute Gasteiger partial charge is 0.368 e. The number of nitrogens with one attached hydrogen (secondary N) is 1. The van der Waals surface area contributed by atoms with Crippen molar-refractivity contribution >= 4 is 44.6 Å². The summed E-state index contributed by atoms with van der Waals surface area (Å²) in [4.78, 5) is 28.5. The molecule has 0 unspecified atom stereocenters. The Morgan fingerprint density at radius 2 is 1.53 bits per heavy atom. The third kappa shape index (κ3) is 6.37. The summed E-state index contributed by atoms with van der Waals surface area (Å²) in [6, 6.07) is 21.9. The molecule has 10 nitrogen and oxygen atoms in total. The third-order valence-electron chi connectivity index (χ3n) is 7.67. The quantitative estimate of drug-likeness (QED) is 0.197. The summed E-state index contributed by atoms with van der Waals surface area (Å²) < 4.78 is 28.4. The molecular weight excluding hydrogens is 590 g/mol. The highest BCUT2D eigenvalue weighted by Crippen LogP contribution is 2.41. The fourth-order valence-electron chi connectivity index (χ4n) is 5.68. The van der Waals surface area contributed by atoms with Gasteiger partial charge in [0.1, 0.15) is 0 Å². The SMILES string of the molecule is CCn1c(C)c(C(=O)NS(C)(=O)=O)c(-c2cccc(N3CCN(c4ccc([N+](=O)[O-])cc4)CC3)c2)c1-c1ccc(Cl)cc1. The number of nitro benzene ring substituents is 1. The Balaban J connectivity index is 1.52. The molecule has 2 heterocycles. The molecule has 4 aromatic rings. The van der Waals surface area contributed by atoms with Crippen molar-refractivity contribution in [3.05, 3.63) is 99.2 Å². The van der Waals surface area contributed by atoms with Gasteiger partial charge in [0.25, 0.3) is 11.6 Å². The summed E-state index contributed by atoms with van der Waals surface area (Å²) >= 11 is 6.19. The van der Waals surface area contributed by atoms with Gasteiger partial charge < -0.3 is 14.4 Å². The number of rotatable bonds is 8. The lowest BCUT2D eigenvalue weighted by Crippen LogP contribution is -2.46. The van der Waals surface area contributed by atoms with Crippen molar-refractivity contribution in [3.63, 3.8) is 0 Å². The first-order valence-corrected chi connectivity index (χ1v) is 16.1. The van der Waals surface area contributed by atoms with E-state index in [-0.39, 0.29) is 5.69 Å². The summed E-state index contributed by atoms with van der Waals surface area (Å²) in [6.45, 7) is 7.27. The van der Waals surface area contributed by atoms with Gasteiger partial charge in [0.2, 0.25) is 10.0 Å². The fraction of sp³-hybridized carbons (Fsp3) is 0.258. The van der Waals surface area contributed by atoms with Gasteiger partial charge in [-0.25, -0.2) is 13.1 Å². The molecule has 12 heteroatoms. The molecule has 0 saturated carbocycles. The summed E-state index contributed by atoms with van der Waals surface area (Å²) in [5, 5.41) is 11.6. The van der Waals surface area contributed by atoms with Gasteiger partial charge in [-0.1, -0.05) is 35.9 Å². The Morgan fingerprint density at radius 3 is 2.09 bits per heavy atom. The summed E-state index contributed by atoms with van der Waals surface area (Å²) in [5.74, 6) is -0.681. The van der Waals surface area contributed by atoms with Gasteiger partial charge >= 0.3 is 0 Å². The first-order valence-electron chi connectivity index (χ1n) is 13.8. The molecule has 1 aromatic heterocycles. The lowest BCUT2D eigenvalue weighted by atomic mass is 9.96. The Labute approximate surface area is 255 Å². The van der Waals surface area contributed by atoms with E-state index in [1.54, 1.807) is 24.3 Å². The minimum atomic E-state index is -3.80. The van der Waals surface area contributed by atoms with Crippen LogP contribution in [0, 0.1) is 17.0 Å². The van der Waals surface area contributed by atoms with Crippen molar-refractivity contribution in [3.8, 4) is 22.4 Å². The normalized spacial score (nSPS) is 13.7. The number of halogens is 1. The van der Waals surface area contributed by atoms with Crippen LogP contribution in [0.5, 0.6) is 0 Å². The van der Waals surface area contributed by atoms with Crippen LogP contribution < -0.4 is 14.5 Å². The molecule has 1 N–H and O–H groups in total. The average molecular weight is 622 g/mol. The van der Waals surface area contributed by atoms with Crippen LogP contribution in [0.4, 0.5) is 17.1 Å². The minimum Gasteiger partial charge on any atom is -0.368 e. The number of piperazine rings is 1. The minimum absolute atomic E-state index is 0.0638. The molecular formula is C31H32ClN5O5S. The van der Waals surface area contributed by atoms with Crippen molar-refractivity contribution in [2.75, 3.05) is 42.2 Å². The van der Waals surface area contributed by atoms with Gasteiger partial charge in [0, 0.05) is 72.5 Å². The zero-order valence-corrected chi connectivity index (χ0v) is 25.7. The number of aromatic nitrogens is 1. The molecule has 0 aliphatic carbocycles. The predicted molar refractivity (Wildman–Crippen MR) is 171 cm³/mol. The maximum atomic E-state index is 13.5. The second kappa shape index (κ2) is 12.1. The Bertz CT molecular complexity index is 1780. The van der Waals surface area contributed by atoms with Gasteiger partial charge in [-0.2, -0.15) is 0 Å². The van der Waals surface area contributed by atoms with Crippen LogP contribution in [0.3, 0.4) is 0 Å². The zero-order chi connectivity index (χ0) is 30.9. The average Bonchev–Trinajstić information content (AvgIpc) is 3.29. The molecule has 1 aliphatic rings. The van der Waals surface area contributed by atoms with E-state index < -0.39 is 20.9 Å². The monoisotopic (exact) mass is 621 g/mol. The maximum absolute atomic E-state index is 13.5. The van der Waals surface area contributed by atoms with E-state index in [1.165, 1.54) is 12.1 Å². The number of hydrogen-bond acceptors (Lipinski definition) is 7. The molecule has 1 saturated heterocycles. The highest BCUT2D eigenvalue weighted by atomic mass is 35.5. The smallest absolute Gasteiger partial charge is 0.269 e. The van der Waals surface area contributed by atoms with Crippen LogP contribution in [0.15, 0.2) is 72.8 Å². The topological polar surface area (TPSA) is 118 Å². The number of anilines is 2. The molecule has 5 rings (SSSR count). The number of carbonyl (C=O) groups excluding carboxylic acids is 1. The van der Waals surface area contributed by atoms with Crippen molar-refractivity contribution in [2.24, 2.45) is 0 Å². The number of sulfonamides is 1. The zero-order valence-electron chi connectivity index (χ0n) is 24.1. The fourth-order valence-corrected chi connectivity index (χ4v) is 6.25. The maximum Gasteiger partial charge on any atom is 0.269 e. The third-order valence-corrected chi connectivity index (χ3v) is 8.48. The second-order valence-electron chi connectivity index (χ2n) is 10.4. The number of amides is 1. The Hall–Kier alpha value is -4.35. The molecule has 0 atom stereocenters. The molecule has 1 fully saturated rings. The van der Waals surface area contributed by atoms with Gasteiger partial charge in [-0.05, 0) is 61.4 Å². The molecule has 1 aliphatic heterocycles. The number of hydrogen-bond donors (Lipinski definition) is 1. The van der Waals surface area contributed by atoms with E-state index >= 15 is 0 Å². The second-order valence-corrected chi connectivity index (χ2v) is 12.6. The number of benzene rings is 3. The molecule has 1 amide bonds. The van der Waals surface area contributed by atoms with Crippen molar-refractivity contribution < 1.29 is 18.1 Å². The molecule has 224 valence electrons. The summed E-state index contributed by atoms with van der Waals surface area (Å²) in [6.07, 6.45) is 0.966. The first-order chi connectivity index (χ1) is 20.5. The van der Waals surface area contributed by atoms with E-state index in [2.05, 4.69) is 14.5 Å². The Kier molecular flexibility index (Phi) is 8.48. The first kappa shape index (κ1) is 30.1. The van der Waals surface area contributed by atoms with Crippen LogP contribution in [0.2, 0.25) is 5.02 Å². The van der Waals surface area contributed by atoms with E-state index in [0.717, 1.165) is 60.6 Å². The molecule has 3 aromatic carbocycles. The Morgan fingerprint density at radius 1 is 0.930 bits per heavy atom. The lowest BCUT2D eigenvalue weighted by Gasteiger charge is -2.37. The van der Waals surface area contributed by atoms with Gasteiger partial charge in [0.15, 0.2) is 0 Å². The number of nitrogens with zero attached hydrogens (tertiary/aromatic N) is 4. The van der Waals surface area contributed by atoms with Crippen LogP contribution in [0.1, 0.15) is 23.0 Å². The highest BCUT2D eigenvalue weighted by molar-refractivity contribution is 7.89. The van der Waals surface area contributed by atoms with E-state index in [4.69, 9.17) is 11.6 Å². The number of non-ortho nitro benzene ring substituents is 1. The molecule has 0 spiro atoms. The number of carbonyl (C=O) groups is 1. The predicted octanol–water partition coefficient (Wildman–Crippen LogP) is 5.73. The van der Waals surface area contributed by atoms with E-state index in [1.807, 2.05) is 54.8 Å². The van der Waals surface area contributed by atoms with E-state index in [0.29, 0.717) is 28.4 Å². The molecule has 0 radical (unpaired) electrons. The van der Waals surface area contributed by atoms with Gasteiger partial charge in [-0.3, -0.25) is 14.9 Å². The highest BCUT2D eigenvalue weighted by Gasteiger charge is 2.28. The van der Waals surface area contributed by atoms with Crippen LogP contribution >= 0.6 is 11.6 Å².